The average molecular weight is 511 g/mol. The highest BCUT2D eigenvalue weighted by Gasteiger charge is 2.32. The first-order valence-electron chi connectivity index (χ1n) is 11.1. The summed E-state index contributed by atoms with van der Waals surface area (Å²) >= 11 is 1.25. The summed E-state index contributed by atoms with van der Waals surface area (Å²) in [6, 6.07) is 10.4. The quantitative estimate of drug-likeness (QED) is 0.514. The van der Waals surface area contributed by atoms with Crippen LogP contribution in [0.4, 0.5) is 4.39 Å². The van der Waals surface area contributed by atoms with Gasteiger partial charge in [-0.1, -0.05) is 25.6 Å². The molecule has 1 saturated heterocycles. The highest BCUT2D eigenvalue weighted by Crippen LogP contribution is 2.34. The highest BCUT2D eigenvalue weighted by atomic mass is 32.2. The summed E-state index contributed by atoms with van der Waals surface area (Å²) in [6.07, 6.45) is 0.341. The van der Waals surface area contributed by atoms with E-state index in [4.69, 9.17) is 9.47 Å². The lowest BCUT2D eigenvalue weighted by atomic mass is 9.94. The van der Waals surface area contributed by atoms with Crippen molar-refractivity contribution in [1.29, 1.82) is 0 Å². The summed E-state index contributed by atoms with van der Waals surface area (Å²) in [5, 5.41) is 2.74. The maximum Gasteiger partial charge on any atom is 0.252 e. The van der Waals surface area contributed by atoms with Gasteiger partial charge >= 0.3 is 0 Å². The molecule has 1 aliphatic rings. The van der Waals surface area contributed by atoms with Crippen LogP contribution in [0.3, 0.4) is 0 Å². The maximum atomic E-state index is 13.4. The lowest BCUT2D eigenvalue weighted by Gasteiger charge is -2.34. The SMILES string of the molecule is COC(CNC(=O)c1cc(S(=O)(=O)N2C[C@@H](C)C[C@H](C)C2)ccc1Sc1ccc(F)cc1)OC. The van der Waals surface area contributed by atoms with Crippen molar-refractivity contribution in [3.63, 3.8) is 0 Å². The van der Waals surface area contributed by atoms with Crippen LogP contribution >= 0.6 is 11.8 Å². The standard InChI is InChI=1S/C24H31FN2O5S2/c1-16-11-17(2)15-27(14-16)34(29,30)20-9-10-22(33-19-7-5-18(25)6-8-19)21(12-20)24(28)26-13-23(31-3)32-4/h5-10,12,16-17,23H,11,13-15H2,1-4H3,(H,26,28)/t16-,17-/m0/s1. The van der Waals surface area contributed by atoms with Gasteiger partial charge < -0.3 is 14.8 Å². The van der Waals surface area contributed by atoms with Gasteiger partial charge in [0.25, 0.3) is 5.91 Å². The third kappa shape index (κ3) is 6.57. The lowest BCUT2D eigenvalue weighted by Crippen LogP contribution is -2.42. The van der Waals surface area contributed by atoms with Gasteiger partial charge in [-0.05, 0) is 60.7 Å². The van der Waals surface area contributed by atoms with Crippen LogP contribution in [0.25, 0.3) is 0 Å². The van der Waals surface area contributed by atoms with E-state index in [0.717, 1.165) is 11.3 Å². The summed E-state index contributed by atoms with van der Waals surface area (Å²) in [7, 11) is -0.850. The number of nitrogens with zero attached hydrogens (tertiary/aromatic N) is 1. The van der Waals surface area contributed by atoms with Crippen molar-refractivity contribution in [3.8, 4) is 0 Å². The van der Waals surface area contributed by atoms with Gasteiger partial charge in [0.2, 0.25) is 10.0 Å². The van der Waals surface area contributed by atoms with Crippen molar-refractivity contribution in [2.24, 2.45) is 11.8 Å². The van der Waals surface area contributed by atoms with Crippen molar-refractivity contribution in [2.75, 3.05) is 33.9 Å². The van der Waals surface area contributed by atoms with Crippen LogP contribution in [-0.4, -0.2) is 58.8 Å². The minimum atomic E-state index is -3.77. The second-order valence-electron chi connectivity index (χ2n) is 8.59. The molecule has 186 valence electrons. The molecule has 1 amide bonds. The van der Waals surface area contributed by atoms with Crippen LogP contribution in [-0.2, 0) is 19.5 Å². The zero-order valence-corrected chi connectivity index (χ0v) is 21.4. The van der Waals surface area contributed by atoms with Gasteiger partial charge in [-0.15, -0.1) is 0 Å². The molecule has 3 rings (SSSR count). The third-order valence-corrected chi connectivity index (χ3v) is 8.58. The predicted molar refractivity (Wildman–Crippen MR) is 129 cm³/mol. The largest absolute Gasteiger partial charge is 0.354 e. The van der Waals surface area contributed by atoms with Crippen LogP contribution < -0.4 is 5.32 Å². The molecular formula is C24H31FN2O5S2. The Kier molecular flexibility index (Phi) is 9.11. The van der Waals surface area contributed by atoms with Crippen molar-refractivity contribution in [2.45, 2.75) is 41.2 Å². The second-order valence-corrected chi connectivity index (χ2v) is 11.6. The number of halogens is 1. The Bertz CT molecular complexity index is 1080. The zero-order chi connectivity index (χ0) is 24.9. The van der Waals surface area contributed by atoms with Crippen LogP contribution in [0.2, 0.25) is 0 Å². The van der Waals surface area contributed by atoms with Gasteiger partial charge in [0.05, 0.1) is 17.0 Å². The van der Waals surface area contributed by atoms with E-state index in [-0.39, 0.29) is 34.7 Å². The smallest absolute Gasteiger partial charge is 0.252 e. The van der Waals surface area contributed by atoms with E-state index in [1.165, 1.54) is 54.6 Å². The van der Waals surface area contributed by atoms with E-state index < -0.39 is 22.2 Å². The molecule has 0 spiro atoms. The molecule has 7 nitrogen and oxygen atoms in total. The minimum absolute atomic E-state index is 0.0671. The molecule has 0 saturated carbocycles. The molecule has 2 aromatic rings. The van der Waals surface area contributed by atoms with E-state index in [9.17, 15) is 17.6 Å². The van der Waals surface area contributed by atoms with Gasteiger partial charge in [-0.2, -0.15) is 4.31 Å². The van der Waals surface area contributed by atoms with Crippen molar-refractivity contribution in [1.82, 2.24) is 9.62 Å². The highest BCUT2D eigenvalue weighted by molar-refractivity contribution is 7.99. The molecule has 2 aromatic carbocycles. The monoisotopic (exact) mass is 510 g/mol. The summed E-state index contributed by atoms with van der Waals surface area (Å²) in [5.74, 6) is -0.302. The first-order chi connectivity index (χ1) is 16.1. The van der Waals surface area contributed by atoms with E-state index in [1.54, 1.807) is 18.2 Å². The van der Waals surface area contributed by atoms with Crippen molar-refractivity contribution >= 4 is 27.7 Å². The number of amides is 1. The van der Waals surface area contributed by atoms with E-state index in [0.29, 0.717) is 18.0 Å². The molecule has 34 heavy (non-hydrogen) atoms. The van der Waals surface area contributed by atoms with E-state index in [2.05, 4.69) is 5.32 Å². The minimum Gasteiger partial charge on any atom is -0.354 e. The molecule has 1 aliphatic heterocycles. The fraction of sp³-hybridized carbons (Fsp3) is 0.458. The van der Waals surface area contributed by atoms with Gasteiger partial charge in [-0.25, -0.2) is 12.8 Å². The zero-order valence-electron chi connectivity index (χ0n) is 19.8. The number of sulfonamides is 1. The number of methoxy groups -OCH3 is 2. The number of nitrogens with one attached hydrogen (secondary N) is 1. The molecule has 0 aliphatic carbocycles. The Morgan fingerprint density at radius 1 is 1.12 bits per heavy atom. The van der Waals surface area contributed by atoms with Gasteiger partial charge in [0.15, 0.2) is 6.29 Å². The summed E-state index contributed by atoms with van der Waals surface area (Å²) in [5.41, 5.74) is 0.208. The average Bonchev–Trinajstić information content (AvgIpc) is 2.80. The molecule has 2 atom stereocenters. The maximum absolute atomic E-state index is 13.4. The Hall–Kier alpha value is -1.98. The number of carbonyl (C=O) groups excluding carboxylic acids is 1. The number of hydrogen-bond donors (Lipinski definition) is 1. The predicted octanol–water partition coefficient (Wildman–Crippen LogP) is 3.99. The molecule has 1 N–H and O–H groups in total. The Labute approximate surface area is 205 Å². The number of ether oxygens (including phenoxy) is 2. The normalized spacial score (nSPS) is 19.4. The van der Waals surface area contributed by atoms with Gasteiger partial charge in [0.1, 0.15) is 5.82 Å². The fourth-order valence-corrected chi connectivity index (χ4v) is 6.68. The van der Waals surface area contributed by atoms with Gasteiger partial charge in [-0.3, -0.25) is 4.79 Å². The number of rotatable bonds is 9. The lowest BCUT2D eigenvalue weighted by molar-refractivity contribution is -0.0974. The van der Waals surface area contributed by atoms with E-state index in [1.807, 2.05) is 13.8 Å². The Morgan fingerprint density at radius 3 is 2.32 bits per heavy atom. The molecule has 10 heteroatoms. The molecule has 1 fully saturated rings. The number of piperidine rings is 1. The second kappa shape index (κ2) is 11.6. The fourth-order valence-electron chi connectivity index (χ4n) is 4.05. The molecular weight excluding hydrogens is 479 g/mol. The Morgan fingerprint density at radius 2 is 1.74 bits per heavy atom. The topological polar surface area (TPSA) is 84.9 Å². The first kappa shape index (κ1) is 26.6. The number of hydrogen-bond acceptors (Lipinski definition) is 6. The molecule has 0 aromatic heterocycles. The van der Waals surface area contributed by atoms with Gasteiger partial charge in [0, 0.05) is 37.1 Å². The number of benzene rings is 2. The van der Waals surface area contributed by atoms with Crippen molar-refractivity contribution in [3.05, 3.63) is 53.8 Å². The van der Waals surface area contributed by atoms with E-state index >= 15 is 0 Å². The summed E-state index contributed by atoms with van der Waals surface area (Å²) < 4.78 is 51.9. The molecule has 0 radical (unpaired) electrons. The molecule has 1 heterocycles. The summed E-state index contributed by atoms with van der Waals surface area (Å²) in [4.78, 5) is 14.4. The first-order valence-corrected chi connectivity index (χ1v) is 13.3. The van der Waals surface area contributed by atoms with Crippen LogP contribution in [0.5, 0.6) is 0 Å². The van der Waals surface area contributed by atoms with Crippen LogP contribution in [0.15, 0.2) is 57.2 Å². The van der Waals surface area contributed by atoms with Crippen LogP contribution in [0.1, 0.15) is 30.6 Å². The Balaban J connectivity index is 1.95. The number of carbonyl (C=O) groups is 1. The summed E-state index contributed by atoms with van der Waals surface area (Å²) in [6.45, 7) is 5.07. The van der Waals surface area contributed by atoms with Crippen LogP contribution in [0, 0.1) is 17.7 Å². The molecule has 0 bridgehead atoms. The third-order valence-electron chi connectivity index (χ3n) is 5.67. The van der Waals surface area contributed by atoms with Crippen molar-refractivity contribution < 1.29 is 27.1 Å². The molecule has 0 unspecified atom stereocenters.